The summed E-state index contributed by atoms with van der Waals surface area (Å²) in [7, 11) is 1.39. The predicted molar refractivity (Wildman–Crippen MR) is 69.6 cm³/mol. The van der Waals surface area contributed by atoms with Crippen LogP contribution in [-0.2, 0) is 20.7 Å². The lowest BCUT2D eigenvalue weighted by atomic mass is 9.78. The number of hydrogen-bond acceptors (Lipinski definition) is 3. The number of carbonyl (C=O) groups is 1. The van der Waals surface area contributed by atoms with Crippen LogP contribution < -0.4 is 0 Å². The Bertz CT molecular complexity index is 466. The molecule has 0 aliphatic carbocycles. The van der Waals surface area contributed by atoms with E-state index in [-0.39, 0.29) is 5.97 Å². The molecule has 0 radical (unpaired) electrons. The maximum Gasteiger partial charge on any atom is 0.318 e. The van der Waals surface area contributed by atoms with Crippen LogP contribution in [0.5, 0.6) is 0 Å². The smallest absolute Gasteiger partial charge is 0.318 e. The van der Waals surface area contributed by atoms with E-state index in [0.717, 1.165) is 11.1 Å². The third kappa shape index (κ3) is 2.28. The highest BCUT2D eigenvalue weighted by Crippen LogP contribution is 2.37. The van der Waals surface area contributed by atoms with Crippen molar-refractivity contribution in [2.45, 2.75) is 6.42 Å². The third-order valence-electron chi connectivity index (χ3n) is 3.30. The van der Waals surface area contributed by atoms with Gasteiger partial charge < -0.3 is 9.47 Å². The SMILES string of the molecule is C=C1COC[C@]1(Cc1ccc(Cl)cc1)C(=O)OC. The molecule has 1 heterocycles. The summed E-state index contributed by atoms with van der Waals surface area (Å²) in [5.74, 6) is -0.292. The second kappa shape index (κ2) is 5.12. The van der Waals surface area contributed by atoms with E-state index in [0.29, 0.717) is 24.7 Å². The summed E-state index contributed by atoms with van der Waals surface area (Å²) >= 11 is 5.85. The molecular weight excluding hydrogens is 252 g/mol. The van der Waals surface area contributed by atoms with Crippen LogP contribution in [0.15, 0.2) is 36.4 Å². The molecule has 1 fully saturated rings. The van der Waals surface area contributed by atoms with Crippen molar-refractivity contribution in [3.63, 3.8) is 0 Å². The van der Waals surface area contributed by atoms with Crippen LogP contribution in [0.1, 0.15) is 5.56 Å². The Morgan fingerprint density at radius 2 is 2.17 bits per heavy atom. The monoisotopic (exact) mass is 266 g/mol. The van der Waals surface area contributed by atoms with Gasteiger partial charge in [-0.25, -0.2) is 0 Å². The van der Waals surface area contributed by atoms with E-state index in [9.17, 15) is 4.79 Å². The van der Waals surface area contributed by atoms with Gasteiger partial charge in [-0.1, -0.05) is 30.3 Å². The van der Waals surface area contributed by atoms with Gasteiger partial charge in [0.1, 0.15) is 5.41 Å². The van der Waals surface area contributed by atoms with Gasteiger partial charge in [0.15, 0.2) is 0 Å². The number of methoxy groups -OCH3 is 1. The summed E-state index contributed by atoms with van der Waals surface area (Å²) in [6.07, 6.45) is 0.523. The van der Waals surface area contributed by atoms with E-state index in [1.54, 1.807) is 12.1 Å². The van der Waals surface area contributed by atoms with Crippen molar-refractivity contribution in [2.24, 2.45) is 5.41 Å². The van der Waals surface area contributed by atoms with Gasteiger partial charge in [-0.3, -0.25) is 4.79 Å². The van der Waals surface area contributed by atoms with Gasteiger partial charge in [0.2, 0.25) is 0 Å². The summed E-state index contributed by atoms with van der Waals surface area (Å²) in [4.78, 5) is 12.0. The van der Waals surface area contributed by atoms with Crippen molar-refractivity contribution < 1.29 is 14.3 Å². The topological polar surface area (TPSA) is 35.5 Å². The van der Waals surface area contributed by atoms with Gasteiger partial charge in [-0.05, 0) is 29.7 Å². The fourth-order valence-corrected chi connectivity index (χ4v) is 2.31. The van der Waals surface area contributed by atoms with Crippen molar-refractivity contribution in [1.82, 2.24) is 0 Å². The lowest BCUT2D eigenvalue weighted by Gasteiger charge is -2.25. The van der Waals surface area contributed by atoms with E-state index in [4.69, 9.17) is 21.1 Å². The molecule has 0 aromatic heterocycles. The van der Waals surface area contributed by atoms with Gasteiger partial charge in [0.25, 0.3) is 0 Å². The zero-order chi connectivity index (χ0) is 13.2. The van der Waals surface area contributed by atoms with E-state index in [1.807, 2.05) is 12.1 Å². The largest absolute Gasteiger partial charge is 0.468 e. The first-order valence-electron chi connectivity index (χ1n) is 5.67. The summed E-state index contributed by atoms with van der Waals surface area (Å²) in [6.45, 7) is 4.66. The Hall–Kier alpha value is -1.32. The molecule has 1 aromatic rings. The minimum Gasteiger partial charge on any atom is -0.468 e. The minimum atomic E-state index is -0.761. The first-order valence-corrected chi connectivity index (χ1v) is 6.05. The molecule has 0 bridgehead atoms. The molecule has 1 saturated heterocycles. The summed E-state index contributed by atoms with van der Waals surface area (Å²) in [5.41, 5.74) is 1.02. The highest BCUT2D eigenvalue weighted by molar-refractivity contribution is 6.30. The number of rotatable bonds is 3. The molecule has 1 atom stereocenters. The van der Waals surface area contributed by atoms with E-state index < -0.39 is 5.41 Å². The number of halogens is 1. The van der Waals surface area contributed by atoms with Crippen LogP contribution >= 0.6 is 11.6 Å². The fourth-order valence-electron chi connectivity index (χ4n) is 2.19. The molecule has 1 aromatic carbocycles. The Morgan fingerprint density at radius 3 is 2.67 bits per heavy atom. The average Bonchev–Trinajstić information content (AvgIpc) is 2.74. The number of carbonyl (C=O) groups excluding carboxylic acids is 1. The number of ether oxygens (including phenoxy) is 2. The van der Waals surface area contributed by atoms with Crippen LogP contribution in [0.4, 0.5) is 0 Å². The second-order valence-corrected chi connectivity index (χ2v) is 4.91. The van der Waals surface area contributed by atoms with Crippen LogP contribution in [0.2, 0.25) is 5.02 Å². The van der Waals surface area contributed by atoms with Crippen LogP contribution in [0.25, 0.3) is 0 Å². The first kappa shape index (κ1) is 13.1. The Kier molecular flexibility index (Phi) is 3.73. The molecule has 2 rings (SSSR count). The first-order chi connectivity index (χ1) is 8.58. The standard InChI is InChI=1S/C14H15ClO3/c1-10-8-18-9-14(10,13(16)17-2)7-11-3-5-12(15)6-4-11/h3-6H,1,7-9H2,2H3/t14-/m0/s1. The maximum absolute atomic E-state index is 12.0. The molecule has 1 aliphatic heterocycles. The van der Waals surface area contributed by atoms with Crippen LogP contribution in [0.3, 0.4) is 0 Å². The summed E-state index contributed by atoms with van der Waals surface area (Å²) in [6, 6.07) is 7.41. The lowest BCUT2D eigenvalue weighted by Crippen LogP contribution is -2.36. The van der Waals surface area contributed by atoms with Gasteiger partial charge in [-0.15, -0.1) is 0 Å². The normalized spacial score (nSPS) is 23.1. The summed E-state index contributed by atoms with van der Waals surface area (Å²) < 4.78 is 10.3. The van der Waals surface area contributed by atoms with E-state index in [1.165, 1.54) is 7.11 Å². The third-order valence-corrected chi connectivity index (χ3v) is 3.55. The zero-order valence-corrected chi connectivity index (χ0v) is 11.0. The van der Waals surface area contributed by atoms with Gasteiger partial charge in [0, 0.05) is 5.02 Å². The number of hydrogen-bond donors (Lipinski definition) is 0. The quantitative estimate of drug-likeness (QED) is 0.623. The van der Waals surface area contributed by atoms with E-state index in [2.05, 4.69) is 6.58 Å². The Labute approximate surface area is 111 Å². The van der Waals surface area contributed by atoms with Crippen molar-refractivity contribution in [1.29, 1.82) is 0 Å². The van der Waals surface area contributed by atoms with E-state index >= 15 is 0 Å². The molecule has 0 saturated carbocycles. The van der Waals surface area contributed by atoms with Gasteiger partial charge in [0.05, 0.1) is 20.3 Å². The van der Waals surface area contributed by atoms with Crippen molar-refractivity contribution >= 4 is 17.6 Å². The fraction of sp³-hybridized carbons (Fsp3) is 0.357. The van der Waals surface area contributed by atoms with Crippen molar-refractivity contribution in [3.05, 3.63) is 47.0 Å². The molecule has 1 aliphatic rings. The van der Waals surface area contributed by atoms with Crippen molar-refractivity contribution in [2.75, 3.05) is 20.3 Å². The Morgan fingerprint density at radius 1 is 1.50 bits per heavy atom. The molecule has 4 heteroatoms. The minimum absolute atomic E-state index is 0.292. The molecule has 0 unspecified atom stereocenters. The molecule has 0 N–H and O–H groups in total. The highest BCUT2D eigenvalue weighted by atomic mass is 35.5. The average molecular weight is 267 g/mol. The predicted octanol–water partition coefficient (Wildman–Crippen LogP) is 2.63. The van der Waals surface area contributed by atoms with Crippen molar-refractivity contribution in [3.8, 4) is 0 Å². The molecule has 3 nitrogen and oxygen atoms in total. The molecule has 0 amide bonds. The van der Waals surface area contributed by atoms with Gasteiger partial charge in [-0.2, -0.15) is 0 Å². The highest BCUT2D eigenvalue weighted by Gasteiger charge is 2.46. The van der Waals surface area contributed by atoms with Gasteiger partial charge >= 0.3 is 5.97 Å². The number of esters is 1. The second-order valence-electron chi connectivity index (χ2n) is 4.47. The zero-order valence-electron chi connectivity index (χ0n) is 10.2. The number of benzene rings is 1. The molecular formula is C14H15ClO3. The molecule has 18 heavy (non-hydrogen) atoms. The van der Waals surface area contributed by atoms with Crippen LogP contribution in [0, 0.1) is 5.41 Å². The lowest BCUT2D eigenvalue weighted by molar-refractivity contribution is -0.150. The maximum atomic E-state index is 12.0. The Balaban J connectivity index is 2.28. The summed E-state index contributed by atoms with van der Waals surface area (Å²) in [5, 5.41) is 0.673. The molecule has 96 valence electrons. The van der Waals surface area contributed by atoms with Crippen LogP contribution in [-0.4, -0.2) is 26.3 Å². The molecule has 0 spiro atoms.